The summed E-state index contributed by atoms with van der Waals surface area (Å²) in [4.78, 5) is 0.121. The van der Waals surface area contributed by atoms with E-state index in [9.17, 15) is 8.42 Å². The summed E-state index contributed by atoms with van der Waals surface area (Å²) in [6.45, 7) is 7.20. The lowest BCUT2D eigenvalue weighted by Gasteiger charge is -2.39. The summed E-state index contributed by atoms with van der Waals surface area (Å²) in [7, 11) is -3.62. The first-order chi connectivity index (χ1) is 10.0. The molecule has 22 heavy (non-hydrogen) atoms. The van der Waals surface area contributed by atoms with Gasteiger partial charge in [-0.1, -0.05) is 44.0 Å². The van der Waals surface area contributed by atoms with E-state index in [-0.39, 0.29) is 26.8 Å². The Morgan fingerprint density at radius 3 is 2.55 bits per heavy atom. The SMILES string of the molecule is CC1(C)C[C@H]2C[C@@](C)(CN2S(=O)(=O)c2cc(Cl)ccc2Cl)C1. The van der Waals surface area contributed by atoms with Crippen molar-refractivity contribution in [2.75, 3.05) is 6.54 Å². The van der Waals surface area contributed by atoms with Gasteiger partial charge < -0.3 is 0 Å². The number of fused-ring (bicyclic) bond motifs is 2. The van der Waals surface area contributed by atoms with Crippen LogP contribution in [0, 0.1) is 10.8 Å². The fourth-order valence-corrected chi connectivity index (χ4v) is 7.00. The number of hydrogen-bond acceptors (Lipinski definition) is 2. The lowest BCUT2D eigenvalue weighted by atomic mass is 9.65. The first kappa shape index (κ1) is 16.6. The predicted molar refractivity (Wildman–Crippen MR) is 89.9 cm³/mol. The fraction of sp³-hybridized carbons (Fsp3) is 0.625. The molecule has 122 valence electrons. The van der Waals surface area contributed by atoms with Crippen LogP contribution in [0.4, 0.5) is 0 Å². The molecule has 2 fully saturated rings. The van der Waals surface area contributed by atoms with Gasteiger partial charge in [0.05, 0.1) is 5.02 Å². The van der Waals surface area contributed by atoms with Gasteiger partial charge in [0.2, 0.25) is 10.0 Å². The highest BCUT2D eigenvalue weighted by Crippen LogP contribution is 2.53. The molecule has 1 aromatic rings. The molecule has 1 aliphatic heterocycles. The molecule has 1 saturated carbocycles. The molecule has 0 amide bonds. The summed E-state index contributed by atoms with van der Waals surface area (Å²) in [6.07, 6.45) is 2.86. The van der Waals surface area contributed by atoms with E-state index in [4.69, 9.17) is 23.2 Å². The van der Waals surface area contributed by atoms with Crippen LogP contribution in [-0.2, 0) is 10.0 Å². The molecule has 2 aliphatic rings. The number of sulfonamides is 1. The van der Waals surface area contributed by atoms with Gasteiger partial charge in [-0.25, -0.2) is 8.42 Å². The second-order valence-electron chi connectivity index (χ2n) is 7.84. The van der Waals surface area contributed by atoms with Gasteiger partial charge >= 0.3 is 0 Å². The van der Waals surface area contributed by atoms with Crippen LogP contribution in [-0.4, -0.2) is 25.3 Å². The third-order valence-corrected chi connectivity index (χ3v) is 7.46. The molecule has 0 spiro atoms. The zero-order valence-electron chi connectivity index (χ0n) is 13.1. The normalized spacial score (nSPS) is 31.4. The van der Waals surface area contributed by atoms with Crippen molar-refractivity contribution in [1.29, 1.82) is 0 Å². The average Bonchev–Trinajstić information content (AvgIpc) is 2.62. The number of rotatable bonds is 2. The first-order valence-corrected chi connectivity index (χ1v) is 9.69. The molecule has 3 nitrogen and oxygen atoms in total. The summed E-state index contributed by atoms with van der Waals surface area (Å²) in [6, 6.07) is 4.66. The number of halogens is 2. The van der Waals surface area contributed by atoms with Crippen LogP contribution in [0.25, 0.3) is 0 Å². The maximum absolute atomic E-state index is 13.1. The number of benzene rings is 1. The topological polar surface area (TPSA) is 37.4 Å². The Labute approximate surface area is 142 Å². The third-order valence-electron chi connectivity index (χ3n) is 4.85. The van der Waals surface area contributed by atoms with Crippen molar-refractivity contribution in [3.8, 4) is 0 Å². The third kappa shape index (κ3) is 2.79. The van der Waals surface area contributed by atoms with Crippen molar-refractivity contribution >= 4 is 33.2 Å². The van der Waals surface area contributed by atoms with Crippen molar-refractivity contribution in [3.05, 3.63) is 28.2 Å². The second kappa shape index (κ2) is 5.10. The molecule has 0 unspecified atom stereocenters. The molecule has 0 N–H and O–H groups in total. The van der Waals surface area contributed by atoms with E-state index in [1.54, 1.807) is 16.4 Å². The number of hydrogen-bond donors (Lipinski definition) is 0. The van der Waals surface area contributed by atoms with Gasteiger partial charge in [0.25, 0.3) is 0 Å². The van der Waals surface area contributed by atoms with Gasteiger partial charge in [-0.3, -0.25) is 0 Å². The highest BCUT2D eigenvalue weighted by Gasteiger charge is 2.53. The van der Waals surface area contributed by atoms with E-state index >= 15 is 0 Å². The smallest absolute Gasteiger partial charge is 0.207 e. The Hall–Kier alpha value is -0.290. The highest BCUT2D eigenvalue weighted by molar-refractivity contribution is 7.89. The fourth-order valence-electron chi connectivity index (χ4n) is 4.49. The molecule has 1 aromatic carbocycles. The van der Waals surface area contributed by atoms with E-state index < -0.39 is 10.0 Å². The summed E-state index contributed by atoms with van der Waals surface area (Å²) in [5.41, 5.74) is 0.213. The lowest BCUT2D eigenvalue weighted by Crippen LogP contribution is -2.37. The summed E-state index contributed by atoms with van der Waals surface area (Å²) < 4.78 is 27.8. The standard InChI is InChI=1S/C16H21Cl2NO2S/c1-15(2)7-12-8-16(3,9-15)10-19(12)22(20,21)14-6-11(17)4-5-13(14)18/h4-6,12H,7-10H2,1-3H3/t12-,16+/m0/s1. The molecule has 2 atom stereocenters. The predicted octanol–water partition coefficient (Wildman–Crippen LogP) is 4.58. The molecule has 1 heterocycles. The molecule has 1 aliphatic carbocycles. The molecule has 2 bridgehead atoms. The first-order valence-electron chi connectivity index (χ1n) is 7.49. The van der Waals surface area contributed by atoms with E-state index in [0.717, 1.165) is 19.3 Å². The average molecular weight is 362 g/mol. The van der Waals surface area contributed by atoms with Crippen molar-refractivity contribution in [2.24, 2.45) is 10.8 Å². The number of nitrogens with zero attached hydrogens (tertiary/aromatic N) is 1. The minimum Gasteiger partial charge on any atom is -0.207 e. The van der Waals surface area contributed by atoms with E-state index in [1.807, 2.05) is 0 Å². The lowest BCUT2D eigenvalue weighted by molar-refractivity contribution is 0.133. The van der Waals surface area contributed by atoms with Crippen LogP contribution in [0.3, 0.4) is 0 Å². The molecule has 0 aromatic heterocycles. The van der Waals surface area contributed by atoms with Crippen LogP contribution in [0.2, 0.25) is 10.0 Å². The zero-order chi connectivity index (χ0) is 16.3. The summed E-state index contributed by atoms with van der Waals surface area (Å²) >= 11 is 12.1. The van der Waals surface area contributed by atoms with Crippen LogP contribution in [0.15, 0.2) is 23.1 Å². The minimum atomic E-state index is -3.62. The van der Waals surface area contributed by atoms with E-state index in [1.165, 1.54) is 6.07 Å². The van der Waals surface area contributed by atoms with Gasteiger partial charge in [0.1, 0.15) is 4.90 Å². The monoisotopic (exact) mass is 361 g/mol. The largest absolute Gasteiger partial charge is 0.244 e. The molecule has 6 heteroatoms. The molecule has 3 rings (SSSR count). The quantitative estimate of drug-likeness (QED) is 0.772. The van der Waals surface area contributed by atoms with Crippen molar-refractivity contribution < 1.29 is 8.42 Å². The maximum Gasteiger partial charge on any atom is 0.244 e. The van der Waals surface area contributed by atoms with Gasteiger partial charge in [-0.2, -0.15) is 4.31 Å². The molecular weight excluding hydrogens is 341 g/mol. The Morgan fingerprint density at radius 2 is 1.86 bits per heavy atom. The second-order valence-corrected chi connectivity index (χ2v) is 10.5. The Bertz CT molecular complexity index is 717. The Balaban J connectivity index is 2.02. The molecule has 0 radical (unpaired) electrons. The van der Waals surface area contributed by atoms with Crippen molar-refractivity contribution in [1.82, 2.24) is 4.31 Å². The van der Waals surface area contributed by atoms with E-state index in [2.05, 4.69) is 20.8 Å². The van der Waals surface area contributed by atoms with Gasteiger partial charge in [-0.15, -0.1) is 0 Å². The van der Waals surface area contributed by atoms with Gasteiger partial charge in [-0.05, 0) is 48.3 Å². The van der Waals surface area contributed by atoms with Crippen LogP contribution < -0.4 is 0 Å². The maximum atomic E-state index is 13.1. The van der Waals surface area contributed by atoms with Crippen LogP contribution in [0.1, 0.15) is 40.0 Å². The van der Waals surface area contributed by atoms with Gasteiger partial charge in [0, 0.05) is 17.6 Å². The molecular formula is C16H21Cl2NO2S. The van der Waals surface area contributed by atoms with Crippen molar-refractivity contribution in [3.63, 3.8) is 0 Å². The highest BCUT2D eigenvalue weighted by atomic mass is 35.5. The van der Waals surface area contributed by atoms with Gasteiger partial charge in [0.15, 0.2) is 0 Å². The van der Waals surface area contributed by atoms with Crippen LogP contribution in [0.5, 0.6) is 0 Å². The van der Waals surface area contributed by atoms with Crippen LogP contribution >= 0.6 is 23.2 Å². The minimum absolute atomic E-state index is 0.0462. The Kier molecular flexibility index (Phi) is 3.84. The summed E-state index contributed by atoms with van der Waals surface area (Å²) in [5.74, 6) is 0. The molecule has 1 saturated heterocycles. The zero-order valence-corrected chi connectivity index (χ0v) is 15.4. The summed E-state index contributed by atoms with van der Waals surface area (Å²) in [5, 5.41) is 0.618. The van der Waals surface area contributed by atoms with Crippen molar-refractivity contribution in [2.45, 2.75) is 51.0 Å². The Morgan fingerprint density at radius 1 is 1.18 bits per heavy atom. The van der Waals surface area contributed by atoms with E-state index in [0.29, 0.717) is 11.6 Å².